The van der Waals surface area contributed by atoms with E-state index in [1.165, 1.54) is 0 Å². The van der Waals surface area contributed by atoms with Gasteiger partial charge in [-0.05, 0) is 30.2 Å². The Morgan fingerprint density at radius 3 is 2.60 bits per heavy atom. The van der Waals surface area contributed by atoms with Gasteiger partial charge in [0.2, 0.25) is 0 Å². The second kappa shape index (κ2) is 6.73. The van der Waals surface area contributed by atoms with Crippen molar-refractivity contribution in [3.8, 4) is 0 Å². The van der Waals surface area contributed by atoms with Gasteiger partial charge in [0.15, 0.2) is 0 Å². The van der Waals surface area contributed by atoms with Crippen LogP contribution in [0.25, 0.3) is 0 Å². The summed E-state index contributed by atoms with van der Waals surface area (Å²) < 4.78 is 0. The fourth-order valence-corrected chi connectivity index (χ4v) is 2.20. The lowest BCUT2D eigenvalue weighted by Crippen LogP contribution is -2.17. The van der Waals surface area contributed by atoms with Gasteiger partial charge < -0.3 is 10.0 Å². The van der Waals surface area contributed by atoms with Crippen molar-refractivity contribution in [2.75, 3.05) is 11.9 Å². The number of rotatable bonds is 5. The molecule has 0 unspecified atom stereocenters. The van der Waals surface area contributed by atoms with Crippen LogP contribution >= 0.6 is 11.6 Å². The van der Waals surface area contributed by atoms with E-state index in [1.54, 1.807) is 6.20 Å². The Morgan fingerprint density at radius 1 is 1.25 bits per heavy atom. The number of hydrogen-bond acceptors (Lipinski definition) is 3. The molecule has 0 fully saturated rings. The largest absolute Gasteiger partial charge is 0.387 e. The van der Waals surface area contributed by atoms with Crippen LogP contribution in [0.2, 0.25) is 5.02 Å². The van der Waals surface area contributed by atoms with Crippen molar-refractivity contribution in [3.05, 3.63) is 58.9 Å². The Morgan fingerprint density at radius 2 is 2.00 bits per heavy atom. The van der Waals surface area contributed by atoms with Gasteiger partial charge in [0.1, 0.15) is 0 Å². The molecule has 1 aromatic heterocycles. The normalized spacial score (nSPS) is 12.2. The lowest BCUT2D eigenvalue weighted by Gasteiger charge is -2.20. The van der Waals surface area contributed by atoms with Crippen molar-refractivity contribution >= 4 is 17.3 Å². The first-order valence-electron chi connectivity index (χ1n) is 6.70. The molecule has 0 radical (unpaired) electrons. The molecule has 2 aromatic rings. The summed E-state index contributed by atoms with van der Waals surface area (Å²) in [5, 5.41) is 10.5. The maximum absolute atomic E-state index is 9.74. The molecule has 0 aliphatic rings. The quantitative estimate of drug-likeness (QED) is 0.909. The summed E-state index contributed by atoms with van der Waals surface area (Å²) in [6, 6.07) is 11.7. The Bertz CT molecular complexity index is 557. The molecule has 0 saturated carbocycles. The topological polar surface area (TPSA) is 36.4 Å². The van der Waals surface area contributed by atoms with E-state index in [4.69, 9.17) is 11.6 Å². The molecule has 20 heavy (non-hydrogen) atoms. The molecule has 0 aliphatic heterocycles. The molecule has 3 nitrogen and oxygen atoms in total. The molecular formula is C16H19ClN2O. The Balaban J connectivity index is 2.10. The molecule has 0 bridgehead atoms. The Labute approximate surface area is 124 Å². The molecule has 1 heterocycles. The summed E-state index contributed by atoms with van der Waals surface area (Å²) in [6.07, 6.45) is 1.96. The fourth-order valence-electron chi connectivity index (χ4n) is 2.00. The van der Waals surface area contributed by atoms with E-state index < -0.39 is 6.10 Å². The second-order valence-electron chi connectivity index (χ2n) is 4.81. The van der Waals surface area contributed by atoms with E-state index >= 15 is 0 Å². The molecule has 1 aromatic carbocycles. The van der Waals surface area contributed by atoms with Crippen molar-refractivity contribution in [1.29, 1.82) is 0 Å². The highest BCUT2D eigenvalue weighted by Crippen LogP contribution is 2.21. The van der Waals surface area contributed by atoms with Crippen molar-refractivity contribution in [1.82, 2.24) is 4.98 Å². The molecule has 106 valence electrons. The zero-order chi connectivity index (χ0) is 14.5. The minimum atomic E-state index is -0.488. The van der Waals surface area contributed by atoms with Crippen LogP contribution in [0.3, 0.4) is 0 Å². The zero-order valence-corrected chi connectivity index (χ0v) is 12.5. The third kappa shape index (κ3) is 3.50. The number of benzene rings is 1. The first-order valence-corrected chi connectivity index (χ1v) is 7.08. The molecule has 0 spiro atoms. The number of nitrogens with zero attached hydrogens (tertiary/aromatic N) is 2. The highest BCUT2D eigenvalue weighted by Gasteiger charge is 2.08. The standard InChI is InChI=1S/C16H19ClN2O/c1-3-16(20)15-9-8-13(10-18-15)19(2)11-12-6-4-5-7-14(12)17/h4-10,16,20H,3,11H2,1-2H3/t16-/m1/s1. The maximum atomic E-state index is 9.74. The van der Waals surface area contributed by atoms with Crippen LogP contribution in [-0.2, 0) is 6.54 Å². The molecule has 1 atom stereocenters. The van der Waals surface area contributed by atoms with Crippen molar-refractivity contribution in [2.24, 2.45) is 0 Å². The van der Waals surface area contributed by atoms with E-state index in [9.17, 15) is 5.11 Å². The van der Waals surface area contributed by atoms with E-state index in [0.717, 1.165) is 22.8 Å². The van der Waals surface area contributed by atoms with Crippen LogP contribution in [0.15, 0.2) is 42.6 Å². The average Bonchev–Trinajstić information content (AvgIpc) is 2.49. The highest BCUT2D eigenvalue weighted by molar-refractivity contribution is 6.31. The molecule has 0 amide bonds. The number of aliphatic hydroxyl groups is 1. The number of aromatic nitrogens is 1. The third-order valence-electron chi connectivity index (χ3n) is 3.30. The first kappa shape index (κ1) is 14.8. The SMILES string of the molecule is CC[C@@H](O)c1ccc(N(C)Cc2ccccc2Cl)cn1. The number of pyridine rings is 1. The van der Waals surface area contributed by atoms with Gasteiger partial charge in [0.25, 0.3) is 0 Å². The summed E-state index contributed by atoms with van der Waals surface area (Å²) in [5.74, 6) is 0. The summed E-state index contributed by atoms with van der Waals surface area (Å²) in [5.41, 5.74) is 2.79. The van der Waals surface area contributed by atoms with E-state index in [-0.39, 0.29) is 0 Å². The summed E-state index contributed by atoms with van der Waals surface area (Å²) in [6.45, 7) is 2.65. The van der Waals surface area contributed by atoms with Gasteiger partial charge in [0, 0.05) is 18.6 Å². The van der Waals surface area contributed by atoms with Crippen LogP contribution in [-0.4, -0.2) is 17.1 Å². The third-order valence-corrected chi connectivity index (χ3v) is 3.67. The predicted molar refractivity (Wildman–Crippen MR) is 83.0 cm³/mol. The van der Waals surface area contributed by atoms with E-state index in [2.05, 4.69) is 9.88 Å². The van der Waals surface area contributed by atoms with Crippen LogP contribution in [0.1, 0.15) is 30.7 Å². The molecular weight excluding hydrogens is 272 g/mol. The highest BCUT2D eigenvalue weighted by atomic mass is 35.5. The molecule has 0 saturated heterocycles. The lowest BCUT2D eigenvalue weighted by atomic mass is 10.1. The van der Waals surface area contributed by atoms with Gasteiger partial charge in [0.05, 0.1) is 23.7 Å². The lowest BCUT2D eigenvalue weighted by molar-refractivity contribution is 0.169. The average molecular weight is 291 g/mol. The summed E-state index contributed by atoms with van der Waals surface area (Å²) in [4.78, 5) is 6.39. The molecule has 1 N–H and O–H groups in total. The van der Waals surface area contributed by atoms with Gasteiger partial charge in [-0.25, -0.2) is 0 Å². The Kier molecular flexibility index (Phi) is 4.99. The minimum absolute atomic E-state index is 0.488. The van der Waals surface area contributed by atoms with Crippen molar-refractivity contribution < 1.29 is 5.11 Å². The second-order valence-corrected chi connectivity index (χ2v) is 5.22. The zero-order valence-electron chi connectivity index (χ0n) is 11.8. The maximum Gasteiger partial charge on any atom is 0.0957 e. The van der Waals surface area contributed by atoms with Gasteiger partial charge in [-0.2, -0.15) is 0 Å². The predicted octanol–water partition coefficient (Wildman–Crippen LogP) is 3.81. The number of halogens is 1. The van der Waals surface area contributed by atoms with Gasteiger partial charge in [-0.1, -0.05) is 36.7 Å². The van der Waals surface area contributed by atoms with E-state index in [1.807, 2.05) is 50.4 Å². The smallest absolute Gasteiger partial charge is 0.0957 e. The number of anilines is 1. The van der Waals surface area contributed by atoms with Crippen LogP contribution in [0.4, 0.5) is 5.69 Å². The number of aliphatic hydroxyl groups excluding tert-OH is 1. The Hall–Kier alpha value is -1.58. The first-order chi connectivity index (χ1) is 9.61. The molecule has 2 rings (SSSR count). The van der Waals surface area contributed by atoms with Gasteiger partial charge in [-0.3, -0.25) is 4.98 Å². The summed E-state index contributed by atoms with van der Waals surface area (Å²) >= 11 is 6.17. The van der Waals surface area contributed by atoms with Crippen molar-refractivity contribution in [3.63, 3.8) is 0 Å². The summed E-state index contributed by atoms with van der Waals surface area (Å²) in [7, 11) is 2.00. The number of hydrogen-bond donors (Lipinski definition) is 1. The van der Waals surface area contributed by atoms with E-state index in [0.29, 0.717) is 12.1 Å². The van der Waals surface area contributed by atoms with Crippen molar-refractivity contribution in [2.45, 2.75) is 26.0 Å². The molecule has 4 heteroatoms. The molecule has 0 aliphatic carbocycles. The van der Waals surface area contributed by atoms with Gasteiger partial charge >= 0.3 is 0 Å². The van der Waals surface area contributed by atoms with Gasteiger partial charge in [-0.15, -0.1) is 0 Å². The van der Waals surface area contributed by atoms with Crippen LogP contribution < -0.4 is 4.90 Å². The van der Waals surface area contributed by atoms with Crippen LogP contribution in [0.5, 0.6) is 0 Å². The monoisotopic (exact) mass is 290 g/mol. The van der Waals surface area contributed by atoms with Crippen LogP contribution in [0, 0.1) is 0 Å². The minimum Gasteiger partial charge on any atom is -0.387 e. The fraction of sp³-hybridized carbons (Fsp3) is 0.312.